The van der Waals surface area contributed by atoms with Gasteiger partial charge in [0.05, 0.1) is 18.2 Å². The molecular weight excluding hydrogens is 316 g/mol. The van der Waals surface area contributed by atoms with Gasteiger partial charge in [0.2, 0.25) is 5.91 Å². The van der Waals surface area contributed by atoms with Crippen LogP contribution in [0.1, 0.15) is 31.5 Å². The zero-order valence-corrected chi connectivity index (χ0v) is 14.3. The smallest absolute Gasteiger partial charge is 0.224 e. The molecule has 2 aromatic rings. The lowest BCUT2D eigenvalue weighted by molar-refractivity contribution is -0.126. The van der Waals surface area contributed by atoms with Crippen molar-refractivity contribution >= 4 is 5.91 Å². The summed E-state index contributed by atoms with van der Waals surface area (Å²) >= 11 is 0. The minimum absolute atomic E-state index is 0.0774. The van der Waals surface area contributed by atoms with Gasteiger partial charge in [-0.05, 0) is 60.7 Å². The first-order valence-corrected chi connectivity index (χ1v) is 9.12. The molecule has 1 N–H and O–H groups in total. The Kier molecular flexibility index (Phi) is 4.74. The van der Waals surface area contributed by atoms with Crippen LogP contribution < -0.4 is 5.32 Å². The Hall–Kier alpha value is -2.28. The number of hydrogen-bond acceptors (Lipinski definition) is 5. The zero-order chi connectivity index (χ0) is 17.1. The van der Waals surface area contributed by atoms with Crippen LogP contribution in [0, 0.1) is 11.8 Å². The molecule has 7 heteroatoms. The Morgan fingerprint density at radius 1 is 1.20 bits per heavy atom. The van der Waals surface area contributed by atoms with E-state index in [0.717, 1.165) is 49.9 Å². The van der Waals surface area contributed by atoms with Crippen LogP contribution in [0.5, 0.6) is 0 Å². The van der Waals surface area contributed by atoms with Gasteiger partial charge in [0.15, 0.2) is 5.82 Å². The van der Waals surface area contributed by atoms with Gasteiger partial charge in [0.1, 0.15) is 0 Å². The summed E-state index contributed by atoms with van der Waals surface area (Å²) in [6.45, 7) is 3.27. The fourth-order valence-electron chi connectivity index (χ4n) is 3.40. The summed E-state index contributed by atoms with van der Waals surface area (Å²) in [6, 6.07) is 9.90. The normalized spacial score (nSPS) is 21.2. The lowest BCUT2D eigenvalue weighted by Crippen LogP contribution is -2.43. The molecule has 1 atom stereocenters. The maximum atomic E-state index is 12.4. The lowest BCUT2D eigenvalue weighted by atomic mass is 9.97. The lowest BCUT2D eigenvalue weighted by Gasteiger charge is -2.31. The van der Waals surface area contributed by atoms with E-state index in [1.165, 1.54) is 12.8 Å². The highest BCUT2D eigenvalue weighted by atomic mass is 16.1. The van der Waals surface area contributed by atoms with Gasteiger partial charge in [0, 0.05) is 13.1 Å². The number of benzene rings is 1. The molecule has 0 spiro atoms. The number of aromatic nitrogens is 4. The number of hydrogen-bond donors (Lipinski definition) is 1. The summed E-state index contributed by atoms with van der Waals surface area (Å²) in [6.07, 6.45) is 4.53. The Labute approximate surface area is 147 Å². The van der Waals surface area contributed by atoms with Crippen molar-refractivity contribution in [3.05, 3.63) is 36.2 Å². The van der Waals surface area contributed by atoms with E-state index >= 15 is 0 Å². The van der Waals surface area contributed by atoms with Crippen LogP contribution in [0.3, 0.4) is 0 Å². The minimum Gasteiger partial charge on any atom is -0.356 e. The van der Waals surface area contributed by atoms with Crippen LogP contribution in [0.2, 0.25) is 0 Å². The predicted molar refractivity (Wildman–Crippen MR) is 92.9 cm³/mol. The van der Waals surface area contributed by atoms with Crippen LogP contribution in [-0.2, 0) is 11.3 Å². The van der Waals surface area contributed by atoms with Gasteiger partial charge in [-0.25, -0.2) is 0 Å². The Morgan fingerprint density at radius 3 is 2.84 bits per heavy atom. The first kappa shape index (κ1) is 16.2. The highest BCUT2D eigenvalue weighted by molar-refractivity contribution is 5.79. The van der Waals surface area contributed by atoms with Crippen molar-refractivity contribution in [2.45, 2.75) is 32.2 Å². The monoisotopic (exact) mass is 340 g/mol. The maximum absolute atomic E-state index is 12.4. The Morgan fingerprint density at radius 2 is 2.04 bits per heavy atom. The summed E-state index contributed by atoms with van der Waals surface area (Å²) in [5.74, 6) is 1.82. The molecule has 7 nitrogen and oxygen atoms in total. The number of amides is 1. The highest BCUT2D eigenvalue weighted by Crippen LogP contribution is 2.28. The van der Waals surface area contributed by atoms with Gasteiger partial charge in [-0.3, -0.25) is 9.69 Å². The molecule has 1 aliphatic carbocycles. The summed E-state index contributed by atoms with van der Waals surface area (Å²) < 4.78 is 1.77. The van der Waals surface area contributed by atoms with Crippen molar-refractivity contribution in [3.63, 3.8) is 0 Å². The van der Waals surface area contributed by atoms with Crippen molar-refractivity contribution in [1.29, 1.82) is 0 Å². The largest absolute Gasteiger partial charge is 0.356 e. The molecule has 1 aromatic heterocycles. The molecule has 4 rings (SSSR count). The molecule has 0 bridgehead atoms. The van der Waals surface area contributed by atoms with Crippen molar-refractivity contribution in [3.8, 4) is 5.69 Å². The number of carbonyl (C=O) groups excluding carboxylic acids is 1. The molecule has 1 aromatic carbocycles. The zero-order valence-electron chi connectivity index (χ0n) is 14.3. The van der Waals surface area contributed by atoms with E-state index in [2.05, 4.69) is 25.7 Å². The third-order valence-corrected chi connectivity index (χ3v) is 5.04. The van der Waals surface area contributed by atoms with E-state index in [0.29, 0.717) is 6.54 Å². The molecule has 25 heavy (non-hydrogen) atoms. The van der Waals surface area contributed by atoms with E-state index in [-0.39, 0.29) is 11.8 Å². The third-order valence-electron chi connectivity index (χ3n) is 5.04. The van der Waals surface area contributed by atoms with Gasteiger partial charge < -0.3 is 5.32 Å². The average Bonchev–Trinajstić information content (AvgIpc) is 3.38. The number of likely N-dealkylation sites (tertiary alicyclic amines) is 1. The number of rotatable bonds is 6. The first-order valence-electron chi connectivity index (χ1n) is 9.12. The van der Waals surface area contributed by atoms with Gasteiger partial charge in [-0.1, -0.05) is 18.2 Å². The number of piperidine rings is 1. The van der Waals surface area contributed by atoms with E-state index in [1.54, 1.807) is 4.68 Å². The van der Waals surface area contributed by atoms with Crippen LogP contribution in [0.15, 0.2) is 30.3 Å². The second-order valence-electron chi connectivity index (χ2n) is 7.11. The molecule has 1 aliphatic heterocycles. The fourth-order valence-corrected chi connectivity index (χ4v) is 3.40. The van der Waals surface area contributed by atoms with Gasteiger partial charge in [-0.15, -0.1) is 5.10 Å². The van der Waals surface area contributed by atoms with Crippen molar-refractivity contribution in [1.82, 2.24) is 30.4 Å². The van der Waals surface area contributed by atoms with Crippen LogP contribution >= 0.6 is 0 Å². The molecule has 1 saturated carbocycles. The first-order chi connectivity index (χ1) is 12.3. The Bertz CT molecular complexity index is 711. The average molecular weight is 340 g/mol. The molecule has 2 aliphatic rings. The Balaban J connectivity index is 1.38. The SMILES string of the molecule is O=C(NCC1CC1)[C@H]1CCCN(Cc2nnnn2-c2ccccc2)C1. The van der Waals surface area contributed by atoms with E-state index in [9.17, 15) is 4.79 Å². The molecule has 132 valence electrons. The van der Waals surface area contributed by atoms with E-state index < -0.39 is 0 Å². The van der Waals surface area contributed by atoms with Gasteiger partial charge in [-0.2, -0.15) is 4.68 Å². The molecule has 2 fully saturated rings. The van der Waals surface area contributed by atoms with Crippen LogP contribution in [0.4, 0.5) is 0 Å². The van der Waals surface area contributed by atoms with Crippen LogP contribution in [0.25, 0.3) is 5.69 Å². The number of tetrazole rings is 1. The topological polar surface area (TPSA) is 75.9 Å². The molecule has 1 saturated heterocycles. The van der Waals surface area contributed by atoms with Crippen molar-refractivity contribution in [2.75, 3.05) is 19.6 Å². The molecule has 0 unspecified atom stereocenters. The number of nitrogens with zero attached hydrogens (tertiary/aromatic N) is 5. The van der Waals surface area contributed by atoms with Crippen LogP contribution in [-0.4, -0.2) is 50.6 Å². The van der Waals surface area contributed by atoms with E-state index in [1.807, 2.05) is 30.3 Å². The number of carbonyl (C=O) groups is 1. The molecule has 2 heterocycles. The van der Waals surface area contributed by atoms with Crippen molar-refractivity contribution < 1.29 is 4.79 Å². The number of nitrogens with one attached hydrogen (secondary N) is 1. The van der Waals surface area contributed by atoms with E-state index in [4.69, 9.17) is 0 Å². The van der Waals surface area contributed by atoms with Crippen molar-refractivity contribution in [2.24, 2.45) is 11.8 Å². The summed E-state index contributed by atoms with van der Waals surface area (Å²) in [7, 11) is 0. The highest BCUT2D eigenvalue weighted by Gasteiger charge is 2.28. The summed E-state index contributed by atoms with van der Waals surface area (Å²) in [4.78, 5) is 14.7. The summed E-state index contributed by atoms with van der Waals surface area (Å²) in [5, 5.41) is 15.2. The second kappa shape index (κ2) is 7.31. The molecule has 0 radical (unpaired) electrons. The number of para-hydroxylation sites is 1. The molecule has 1 amide bonds. The predicted octanol–water partition coefficient (Wildman–Crippen LogP) is 1.40. The quantitative estimate of drug-likeness (QED) is 0.860. The third kappa shape index (κ3) is 4.04. The summed E-state index contributed by atoms with van der Waals surface area (Å²) in [5.41, 5.74) is 0.957. The minimum atomic E-state index is 0.0774. The second-order valence-corrected chi connectivity index (χ2v) is 7.11. The standard InChI is InChI=1S/C18H24N6O/c25-18(19-11-14-8-9-14)15-5-4-10-23(12-15)13-17-20-21-22-24(17)16-6-2-1-3-7-16/h1-3,6-7,14-15H,4-5,8-13H2,(H,19,25)/t15-/m0/s1. The van der Waals surface area contributed by atoms with Gasteiger partial charge >= 0.3 is 0 Å². The molecular formula is C18H24N6O. The van der Waals surface area contributed by atoms with Gasteiger partial charge in [0.25, 0.3) is 0 Å². The maximum Gasteiger partial charge on any atom is 0.224 e. The fraction of sp³-hybridized carbons (Fsp3) is 0.556.